The molecular formula is C11H12F2N2O. The Morgan fingerprint density at radius 1 is 1.25 bits per heavy atom. The van der Waals surface area contributed by atoms with Gasteiger partial charge in [-0.15, -0.1) is 0 Å². The first-order valence-electron chi connectivity index (χ1n) is 4.65. The van der Waals surface area contributed by atoms with Gasteiger partial charge in [0.05, 0.1) is 6.07 Å². The predicted octanol–water partition coefficient (Wildman–Crippen LogP) is 2.41. The van der Waals surface area contributed by atoms with Crippen molar-refractivity contribution in [2.75, 3.05) is 14.1 Å². The number of rotatable bonds is 4. The molecule has 1 aromatic carbocycles. The second-order valence-electron chi connectivity index (χ2n) is 3.44. The van der Waals surface area contributed by atoms with E-state index in [-0.39, 0.29) is 11.8 Å². The second-order valence-corrected chi connectivity index (χ2v) is 3.44. The monoisotopic (exact) mass is 226 g/mol. The van der Waals surface area contributed by atoms with Crippen LogP contribution in [0.5, 0.6) is 5.75 Å². The van der Waals surface area contributed by atoms with E-state index in [2.05, 4.69) is 10.8 Å². The summed E-state index contributed by atoms with van der Waals surface area (Å²) in [5.41, 5.74) is 0.745. The summed E-state index contributed by atoms with van der Waals surface area (Å²) in [6.07, 6.45) is 0. The van der Waals surface area contributed by atoms with Crippen molar-refractivity contribution < 1.29 is 13.5 Å². The molecule has 0 fully saturated rings. The van der Waals surface area contributed by atoms with Crippen LogP contribution in [0, 0.1) is 11.3 Å². The third kappa shape index (κ3) is 3.17. The summed E-state index contributed by atoms with van der Waals surface area (Å²) in [6, 6.07) is 7.78. The number of halogens is 2. The van der Waals surface area contributed by atoms with E-state index in [0.717, 1.165) is 5.56 Å². The summed E-state index contributed by atoms with van der Waals surface area (Å²) >= 11 is 0. The quantitative estimate of drug-likeness (QED) is 0.791. The standard InChI is InChI=1S/C11H12F2N2O/c1-15(2)10(7-14)8-3-5-9(6-4-8)16-11(12)13/h3-6,10-11H,1-2H3. The minimum atomic E-state index is -2.83. The molecule has 0 saturated carbocycles. The minimum Gasteiger partial charge on any atom is -0.435 e. The normalized spacial score (nSPS) is 12.6. The summed E-state index contributed by atoms with van der Waals surface area (Å²) in [4.78, 5) is 1.74. The molecule has 0 aliphatic rings. The second kappa shape index (κ2) is 5.42. The Hall–Kier alpha value is -1.67. The molecule has 5 heteroatoms. The van der Waals surface area contributed by atoms with Crippen LogP contribution in [0.25, 0.3) is 0 Å². The molecule has 0 radical (unpaired) electrons. The first kappa shape index (κ1) is 12.4. The van der Waals surface area contributed by atoms with E-state index in [0.29, 0.717) is 0 Å². The third-order valence-corrected chi connectivity index (χ3v) is 2.06. The highest BCUT2D eigenvalue weighted by Gasteiger charge is 2.13. The molecule has 1 atom stereocenters. The van der Waals surface area contributed by atoms with Gasteiger partial charge in [0, 0.05) is 0 Å². The lowest BCUT2D eigenvalue weighted by atomic mass is 10.1. The summed E-state index contributed by atoms with van der Waals surface area (Å²) in [7, 11) is 3.55. The molecule has 0 aliphatic carbocycles. The molecule has 1 unspecified atom stereocenters. The fraction of sp³-hybridized carbons (Fsp3) is 0.364. The lowest BCUT2D eigenvalue weighted by Gasteiger charge is -2.17. The van der Waals surface area contributed by atoms with Crippen molar-refractivity contribution in [3.05, 3.63) is 29.8 Å². The van der Waals surface area contributed by atoms with Gasteiger partial charge >= 0.3 is 6.61 Å². The van der Waals surface area contributed by atoms with Crippen LogP contribution < -0.4 is 4.74 Å². The molecule has 0 aliphatic heterocycles. The number of hydrogen-bond donors (Lipinski definition) is 0. The molecule has 0 aromatic heterocycles. The molecule has 1 rings (SSSR count). The van der Waals surface area contributed by atoms with Crippen LogP contribution >= 0.6 is 0 Å². The molecule has 0 bridgehead atoms. The Morgan fingerprint density at radius 3 is 2.19 bits per heavy atom. The highest BCUT2D eigenvalue weighted by atomic mass is 19.3. The summed E-state index contributed by atoms with van der Waals surface area (Å²) in [5, 5.41) is 8.92. The number of nitriles is 1. The summed E-state index contributed by atoms with van der Waals surface area (Å²) in [6.45, 7) is -2.83. The van der Waals surface area contributed by atoms with Crippen LogP contribution in [0.2, 0.25) is 0 Å². The average molecular weight is 226 g/mol. The SMILES string of the molecule is CN(C)C(C#N)c1ccc(OC(F)F)cc1. The van der Waals surface area contributed by atoms with Gasteiger partial charge in [-0.3, -0.25) is 4.90 Å². The van der Waals surface area contributed by atoms with Gasteiger partial charge in [0.1, 0.15) is 11.8 Å². The number of alkyl halides is 2. The molecule has 0 saturated heterocycles. The number of hydrogen-bond acceptors (Lipinski definition) is 3. The van der Waals surface area contributed by atoms with Gasteiger partial charge in [-0.1, -0.05) is 12.1 Å². The van der Waals surface area contributed by atoms with Gasteiger partial charge in [-0.25, -0.2) is 0 Å². The van der Waals surface area contributed by atoms with Crippen LogP contribution in [0.1, 0.15) is 11.6 Å². The van der Waals surface area contributed by atoms with Gasteiger partial charge in [-0.05, 0) is 31.8 Å². The van der Waals surface area contributed by atoms with Crippen LogP contribution in [-0.4, -0.2) is 25.6 Å². The maximum Gasteiger partial charge on any atom is 0.387 e. The smallest absolute Gasteiger partial charge is 0.387 e. The van der Waals surface area contributed by atoms with E-state index in [1.807, 2.05) is 0 Å². The van der Waals surface area contributed by atoms with Gasteiger partial charge in [-0.2, -0.15) is 14.0 Å². The molecule has 0 heterocycles. The molecular weight excluding hydrogens is 214 g/mol. The maximum absolute atomic E-state index is 11.9. The average Bonchev–Trinajstić information content (AvgIpc) is 2.20. The van der Waals surface area contributed by atoms with Crippen molar-refractivity contribution in [1.82, 2.24) is 4.90 Å². The Bertz CT molecular complexity index is 371. The van der Waals surface area contributed by atoms with Gasteiger partial charge in [0.2, 0.25) is 0 Å². The highest BCUT2D eigenvalue weighted by molar-refractivity contribution is 5.31. The zero-order valence-electron chi connectivity index (χ0n) is 9.02. The van der Waals surface area contributed by atoms with Crippen LogP contribution in [0.4, 0.5) is 8.78 Å². The highest BCUT2D eigenvalue weighted by Crippen LogP contribution is 2.21. The minimum absolute atomic E-state index is 0.0918. The van der Waals surface area contributed by atoms with Crippen LogP contribution in [-0.2, 0) is 0 Å². The van der Waals surface area contributed by atoms with E-state index in [4.69, 9.17) is 5.26 Å². The van der Waals surface area contributed by atoms with E-state index >= 15 is 0 Å². The molecule has 1 aromatic rings. The molecule has 0 spiro atoms. The lowest BCUT2D eigenvalue weighted by Crippen LogP contribution is -2.18. The van der Waals surface area contributed by atoms with Gasteiger partial charge in [0.15, 0.2) is 0 Å². The Balaban J connectivity index is 2.82. The van der Waals surface area contributed by atoms with E-state index in [1.165, 1.54) is 12.1 Å². The molecule has 3 nitrogen and oxygen atoms in total. The van der Waals surface area contributed by atoms with Gasteiger partial charge < -0.3 is 4.74 Å². The fourth-order valence-corrected chi connectivity index (χ4v) is 1.32. The van der Waals surface area contributed by atoms with Crippen LogP contribution in [0.15, 0.2) is 24.3 Å². The first-order chi connectivity index (χ1) is 7.54. The van der Waals surface area contributed by atoms with Crippen molar-refractivity contribution in [3.63, 3.8) is 0 Å². The first-order valence-corrected chi connectivity index (χ1v) is 4.65. The topological polar surface area (TPSA) is 36.3 Å². The van der Waals surface area contributed by atoms with Crippen molar-refractivity contribution in [2.45, 2.75) is 12.7 Å². The zero-order chi connectivity index (χ0) is 12.1. The largest absolute Gasteiger partial charge is 0.435 e. The zero-order valence-corrected chi connectivity index (χ0v) is 9.02. The number of nitrogens with zero attached hydrogens (tertiary/aromatic N) is 2. The molecule has 0 amide bonds. The summed E-state index contributed by atoms with van der Waals surface area (Å²) < 4.78 is 28.0. The fourth-order valence-electron chi connectivity index (χ4n) is 1.32. The van der Waals surface area contributed by atoms with E-state index in [9.17, 15) is 8.78 Å². The number of benzene rings is 1. The van der Waals surface area contributed by atoms with Crippen molar-refractivity contribution in [3.8, 4) is 11.8 Å². The molecule has 16 heavy (non-hydrogen) atoms. The Kier molecular flexibility index (Phi) is 4.20. The van der Waals surface area contributed by atoms with Crippen molar-refractivity contribution in [2.24, 2.45) is 0 Å². The van der Waals surface area contributed by atoms with Gasteiger partial charge in [0.25, 0.3) is 0 Å². The summed E-state index contributed by atoms with van der Waals surface area (Å²) in [5.74, 6) is 0.0918. The van der Waals surface area contributed by atoms with E-state index < -0.39 is 6.61 Å². The maximum atomic E-state index is 11.9. The van der Waals surface area contributed by atoms with Crippen molar-refractivity contribution >= 4 is 0 Å². The predicted molar refractivity (Wildman–Crippen MR) is 55.1 cm³/mol. The Labute approximate surface area is 92.9 Å². The number of ether oxygens (including phenoxy) is 1. The third-order valence-electron chi connectivity index (χ3n) is 2.06. The molecule has 86 valence electrons. The Morgan fingerprint density at radius 2 is 1.81 bits per heavy atom. The van der Waals surface area contributed by atoms with Crippen LogP contribution in [0.3, 0.4) is 0 Å². The van der Waals surface area contributed by atoms with Crippen molar-refractivity contribution in [1.29, 1.82) is 5.26 Å². The molecule has 0 N–H and O–H groups in total. The lowest BCUT2D eigenvalue weighted by molar-refractivity contribution is -0.0498. The van der Waals surface area contributed by atoms with E-state index in [1.54, 1.807) is 31.1 Å².